The summed E-state index contributed by atoms with van der Waals surface area (Å²) in [5.74, 6) is -1.26. The third-order valence-electron chi connectivity index (χ3n) is 9.30. The van der Waals surface area contributed by atoms with Crippen molar-refractivity contribution in [3.8, 4) is 0 Å². The Morgan fingerprint density at radius 2 is 1.52 bits per heavy atom. The first-order chi connectivity index (χ1) is 26.0. The second kappa shape index (κ2) is 17.5. The van der Waals surface area contributed by atoms with Crippen molar-refractivity contribution in [2.75, 3.05) is 11.1 Å². The second-order valence-corrected chi connectivity index (χ2v) is 16.0. The second-order valence-electron chi connectivity index (χ2n) is 13.2. The van der Waals surface area contributed by atoms with Gasteiger partial charge >= 0.3 is 5.97 Å². The predicted molar refractivity (Wildman–Crippen MR) is 208 cm³/mol. The Labute approximate surface area is 319 Å². The smallest absolute Gasteiger partial charge is 0.336 e. The zero-order valence-corrected chi connectivity index (χ0v) is 31.4. The van der Waals surface area contributed by atoms with E-state index in [1.54, 1.807) is 54.6 Å². The van der Waals surface area contributed by atoms with Crippen LogP contribution in [0.15, 0.2) is 137 Å². The molecule has 6 rings (SSSR count). The molecule has 0 spiro atoms. The number of aliphatic hydroxyl groups is 1. The van der Waals surface area contributed by atoms with Crippen molar-refractivity contribution in [1.82, 2.24) is 4.72 Å². The molecule has 1 saturated heterocycles. The first kappa shape index (κ1) is 38.9. The lowest BCUT2D eigenvalue weighted by Gasteiger charge is -2.41. The fourth-order valence-electron chi connectivity index (χ4n) is 6.25. The Morgan fingerprint density at radius 1 is 0.815 bits per heavy atom. The molecule has 1 fully saturated rings. The van der Waals surface area contributed by atoms with Crippen molar-refractivity contribution in [3.05, 3.63) is 161 Å². The number of carboxylic acids is 1. The van der Waals surface area contributed by atoms with E-state index in [0.717, 1.165) is 22.3 Å². The number of amides is 1. The molecule has 0 saturated carbocycles. The molecule has 1 heterocycles. The summed E-state index contributed by atoms with van der Waals surface area (Å²) < 4.78 is 42.7. The van der Waals surface area contributed by atoms with Crippen LogP contribution in [0.2, 0.25) is 0 Å². The molecule has 4 N–H and O–H groups in total. The number of carboxylic acid groups (broad SMARTS) is 1. The summed E-state index contributed by atoms with van der Waals surface area (Å²) in [6.45, 7) is 3.80. The zero-order chi connectivity index (χ0) is 38.2. The number of thioether (sulfide) groups is 1. The Hall–Kier alpha value is -4.82. The minimum atomic E-state index is -4.04. The summed E-state index contributed by atoms with van der Waals surface area (Å²) in [5, 5.41) is 22.3. The number of anilines is 1. The molecular weight excluding hydrogens is 725 g/mol. The first-order valence-corrected chi connectivity index (χ1v) is 20.0. The van der Waals surface area contributed by atoms with Crippen LogP contribution in [-0.2, 0) is 37.3 Å². The lowest BCUT2D eigenvalue weighted by Crippen LogP contribution is -2.45. The van der Waals surface area contributed by atoms with Crippen molar-refractivity contribution in [3.63, 3.8) is 0 Å². The van der Waals surface area contributed by atoms with Crippen LogP contribution in [0.5, 0.6) is 0 Å². The van der Waals surface area contributed by atoms with Crippen LogP contribution in [-0.4, -0.2) is 48.4 Å². The summed E-state index contributed by atoms with van der Waals surface area (Å²) >= 11 is 1.40. The van der Waals surface area contributed by atoms with E-state index in [9.17, 15) is 28.2 Å². The molecule has 0 aliphatic carbocycles. The van der Waals surface area contributed by atoms with Crippen LogP contribution in [0.25, 0.3) is 0 Å². The van der Waals surface area contributed by atoms with E-state index in [1.807, 2.05) is 74.5 Å². The minimum absolute atomic E-state index is 0.0569. The molecular formula is C42H42N2O8S2. The van der Waals surface area contributed by atoms with Gasteiger partial charge in [0.25, 0.3) is 0 Å². The molecule has 0 bridgehead atoms. The number of ether oxygens (including phenoxy) is 2. The van der Waals surface area contributed by atoms with Crippen molar-refractivity contribution in [2.24, 2.45) is 5.92 Å². The summed E-state index contributed by atoms with van der Waals surface area (Å²) in [7, 11) is -4.04. The summed E-state index contributed by atoms with van der Waals surface area (Å²) in [4.78, 5) is 26.5. The molecule has 5 aromatic rings. The van der Waals surface area contributed by atoms with E-state index in [-0.39, 0.29) is 35.5 Å². The van der Waals surface area contributed by atoms with Gasteiger partial charge in [0.05, 0.1) is 29.3 Å². The summed E-state index contributed by atoms with van der Waals surface area (Å²) in [5.41, 5.74) is 4.60. The van der Waals surface area contributed by atoms with Crippen molar-refractivity contribution in [2.45, 2.75) is 61.2 Å². The number of carbonyl (C=O) groups excluding carboxylic acids is 1. The lowest BCUT2D eigenvalue weighted by molar-refractivity contribution is -0.268. The van der Waals surface area contributed by atoms with Crippen LogP contribution in [0.3, 0.4) is 0 Å². The molecule has 5 atom stereocenters. The molecule has 0 unspecified atom stereocenters. The van der Waals surface area contributed by atoms with Gasteiger partial charge in [0.15, 0.2) is 6.29 Å². The van der Waals surface area contributed by atoms with E-state index in [1.165, 1.54) is 23.9 Å². The van der Waals surface area contributed by atoms with E-state index < -0.39 is 40.3 Å². The van der Waals surface area contributed by atoms with Crippen molar-refractivity contribution < 1.29 is 37.7 Å². The number of benzene rings is 5. The topological polar surface area (TPSA) is 151 Å². The number of sulfonamides is 1. The fourth-order valence-corrected chi connectivity index (χ4v) is 8.66. The van der Waals surface area contributed by atoms with Gasteiger partial charge in [-0.15, -0.1) is 11.8 Å². The van der Waals surface area contributed by atoms with Gasteiger partial charge in [-0.2, -0.15) is 4.72 Å². The van der Waals surface area contributed by atoms with Crippen molar-refractivity contribution in [1.29, 1.82) is 0 Å². The summed E-state index contributed by atoms with van der Waals surface area (Å²) in [6.07, 6.45) is -1.53. The minimum Gasteiger partial charge on any atom is -0.478 e. The van der Waals surface area contributed by atoms with E-state index in [2.05, 4.69) is 10.0 Å². The molecule has 1 aliphatic heterocycles. The number of nitrogens with one attached hydrogen (secondary N) is 2. The number of carbonyl (C=O) groups is 2. The zero-order valence-electron chi connectivity index (χ0n) is 29.8. The lowest BCUT2D eigenvalue weighted by atomic mass is 9.91. The molecule has 5 aromatic carbocycles. The highest BCUT2D eigenvalue weighted by Gasteiger charge is 2.39. The normalized spacial score (nSPS) is 19.2. The van der Waals surface area contributed by atoms with Gasteiger partial charge in [-0.05, 0) is 66.4 Å². The average Bonchev–Trinajstić information content (AvgIpc) is 3.18. The number of hydrogen-bond donors (Lipinski definition) is 4. The van der Waals surface area contributed by atoms with Gasteiger partial charge in [-0.3, -0.25) is 4.79 Å². The maximum atomic E-state index is 13.9. The number of hydrogen-bond acceptors (Lipinski definition) is 8. The van der Waals surface area contributed by atoms with Crippen LogP contribution >= 0.6 is 11.8 Å². The molecule has 0 radical (unpaired) electrons. The number of aryl methyl sites for hydroxylation is 1. The van der Waals surface area contributed by atoms with Crippen LogP contribution in [0, 0.1) is 12.8 Å². The molecule has 280 valence electrons. The van der Waals surface area contributed by atoms with Gasteiger partial charge < -0.3 is 25.0 Å². The van der Waals surface area contributed by atoms with Gasteiger partial charge in [0.2, 0.25) is 15.9 Å². The maximum absolute atomic E-state index is 13.9. The summed E-state index contributed by atoms with van der Waals surface area (Å²) in [6, 6.07) is 35.9. The molecule has 1 aliphatic rings. The Morgan fingerprint density at radius 3 is 2.22 bits per heavy atom. The highest BCUT2D eigenvalue weighted by molar-refractivity contribution is 7.99. The van der Waals surface area contributed by atoms with Gasteiger partial charge in [0.1, 0.15) is 6.04 Å². The number of aromatic carboxylic acids is 1. The monoisotopic (exact) mass is 766 g/mol. The predicted octanol–water partition coefficient (Wildman–Crippen LogP) is 7.30. The van der Waals surface area contributed by atoms with E-state index in [4.69, 9.17) is 9.47 Å². The highest BCUT2D eigenvalue weighted by Crippen LogP contribution is 2.43. The number of rotatable bonds is 14. The first-order valence-electron chi connectivity index (χ1n) is 17.5. The third-order valence-corrected chi connectivity index (χ3v) is 11.9. The third kappa shape index (κ3) is 9.64. The SMILES string of the molecule is Cc1ccc(S(=O)(=O)N[C@H](Cc2ccccc2)C(=O)Nc2cccc([C@H]3O[C@@H](CSc4ccccc4C(=O)O)[C@@H](C)[C@@H](c4ccc(CO)cc4)O3)c2)cc1. The van der Waals surface area contributed by atoms with Gasteiger partial charge in [-0.25, -0.2) is 13.2 Å². The number of aliphatic hydroxyl groups excluding tert-OH is 1. The van der Waals surface area contributed by atoms with E-state index >= 15 is 0 Å². The van der Waals surface area contributed by atoms with E-state index in [0.29, 0.717) is 21.9 Å². The Balaban J connectivity index is 1.25. The quantitative estimate of drug-likeness (QED) is 0.0854. The standard InChI is InChI=1S/C42H42N2O8S2/c1-27-15-21-34(22-16-27)54(49,50)44-36(23-29-9-4-3-5-10-29)40(46)43-33-12-8-11-32(24-33)42-51-37(26-53-38-14-7-6-13-35(38)41(47)48)28(2)39(52-42)31-19-17-30(25-45)18-20-31/h3-22,24,28,36-37,39,42,44-45H,23,25-26H2,1-2H3,(H,43,46)(H,47,48)/t28-,36-,37+,39+,42+/m1/s1. The van der Waals surface area contributed by atoms with Gasteiger partial charge in [-0.1, -0.05) is 103 Å². The molecule has 12 heteroatoms. The molecule has 1 amide bonds. The van der Waals surface area contributed by atoms with Crippen LogP contribution in [0.1, 0.15) is 57.5 Å². The fraction of sp³-hybridized carbons (Fsp3) is 0.238. The molecule has 54 heavy (non-hydrogen) atoms. The van der Waals surface area contributed by atoms with Crippen LogP contribution in [0.4, 0.5) is 5.69 Å². The van der Waals surface area contributed by atoms with Crippen molar-refractivity contribution >= 4 is 39.3 Å². The molecule has 10 nitrogen and oxygen atoms in total. The average molecular weight is 767 g/mol. The molecule has 0 aromatic heterocycles. The maximum Gasteiger partial charge on any atom is 0.336 e. The Kier molecular flexibility index (Phi) is 12.6. The van der Waals surface area contributed by atoms with Crippen LogP contribution < -0.4 is 10.0 Å². The van der Waals surface area contributed by atoms with Gasteiger partial charge in [0, 0.05) is 27.8 Å². The largest absolute Gasteiger partial charge is 0.478 e. The highest BCUT2D eigenvalue weighted by atomic mass is 32.2. The Bertz CT molecular complexity index is 2160.